The van der Waals surface area contributed by atoms with E-state index in [2.05, 4.69) is 21.3 Å². The fourth-order valence-electron chi connectivity index (χ4n) is 4.26. The van der Waals surface area contributed by atoms with Crippen molar-refractivity contribution in [2.75, 3.05) is 26.7 Å². The highest BCUT2D eigenvalue weighted by Crippen LogP contribution is 2.30. The van der Waals surface area contributed by atoms with Crippen molar-refractivity contribution in [2.45, 2.75) is 130 Å². The highest BCUT2D eigenvalue weighted by molar-refractivity contribution is 5.85. The average molecular weight is 767 g/mol. The summed E-state index contributed by atoms with van der Waals surface area (Å²) in [7, 11) is 1.17. The van der Waals surface area contributed by atoms with Crippen LogP contribution < -0.4 is 30.7 Å². The van der Waals surface area contributed by atoms with Gasteiger partial charge >= 0.3 is 36.2 Å². The summed E-state index contributed by atoms with van der Waals surface area (Å²) in [5.74, 6) is -2.79. The van der Waals surface area contributed by atoms with E-state index in [1.54, 1.807) is 62.3 Å². The molecule has 1 aromatic rings. The Balaban J connectivity index is 3.00. The van der Waals surface area contributed by atoms with E-state index in [1.807, 2.05) is 0 Å². The van der Waals surface area contributed by atoms with Crippen LogP contribution in [0.3, 0.4) is 0 Å². The molecule has 1 unspecified atom stereocenters. The number of nitrogens with one attached hydrogen (secondary N) is 4. The molecule has 0 saturated carbocycles. The van der Waals surface area contributed by atoms with Gasteiger partial charge in [0.15, 0.2) is 11.5 Å². The number of esters is 3. The summed E-state index contributed by atoms with van der Waals surface area (Å²) in [6.07, 6.45) is -1.48. The molecule has 0 spiro atoms. The van der Waals surface area contributed by atoms with Crippen LogP contribution in [0.2, 0.25) is 0 Å². The Bertz CT molecular complexity index is 1440. The molecule has 17 heteroatoms. The molecule has 54 heavy (non-hydrogen) atoms. The fourth-order valence-corrected chi connectivity index (χ4v) is 4.26. The van der Waals surface area contributed by atoms with Crippen molar-refractivity contribution in [2.24, 2.45) is 0 Å². The van der Waals surface area contributed by atoms with E-state index in [1.165, 1.54) is 25.3 Å². The van der Waals surface area contributed by atoms with Crippen LogP contribution in [0.4, 0.5) is 14.4 Å². The minimum atomic E-state index is -1.13. The molecule has 0 radical (unpaired) electrons. The standard InChI is InChI=1S/C37H58N4O13/c1-35(2,3)52-32(46)38-19-11-14-28(42)41-25(31(45)49-10)22-24-17-18-26(50-29(43)15-12-20-39-33(47)53-36(4,5)6)27(23-24)51-30(44)16-13-21-40-34(48)54-37(7,8)9/h17-18,23,25H,11-16,19-22H2,1-10H3,(H,38,46)(H,39,47)(H,40,48)(H,41,42). The maximum absolute atomic E-state index is 12.8. The van der Waals surface area contributed by atoms with Crippen molar-refractivity contribution in [1.82, 2.24) is 21.3 Å². The fraction of sp³-hybridized carbons (Fsp3) is 0.649. The molecule has 0 aliphatic heterocycles. The first-order valence-corrected chi connectivity index (χ1v) is 17.8. The summed E-state index contributed by atoms with van der Waals surface area (Å²) in [5, 5.41) is 10.3. The Morgan fingerprint density at radius 1 is 0.593 bits per heavy atom. The molecule has 4 amide bonds. The van der Waals surface area contributed by atoms with E-state index >= 15 is 0 Å². The van der Waals surface area contributed by atoms with Crippen molar-refractivity contribution in [3.05, 3.63) is 23.8 Å². The number of hydrogen-bond acceptors (Lipinski definition) is 13. The third-order valence-electron chi connectivity index (χ3n) is 6.42. The number of ether oxygens (including phenoxy) is 6. The molecule has 1 rings (SSSR count). The number of methoxy groups -OCH3 is 1. The third-order valence-corrected chi connectivity index (χ3v) is 6.42. The van der Waals surface area contributed by atoms with Crippen molar-refractivity contribution >= 4 is 42.1 Å². The lowest BCUT2D eigenvalue weighted by Crippen LogP contribution is -2.43. The largest absolute Gasteiger partial charge is 0.467 e. The van der Waals surface area contributed by atoms with Gasteiger partial charge in [-0.15, -0.1) is 0 Å². The van der Waals surface area contributed by atoms with E-state index in [4.69, 9.17) is 28.4 Å². The van der Waals surface area contributed by atoms with E-state index in [9.17, 15) is 33.6 Å². The Labute approximate surface area is 317 Å². The van der Waals surface area contributed by atoms with Crippen LogP contribution in [0.15, 0.2) is 18.2 Å². The van der Waals surface area contributed by atoms with Crippen molar-refractivity contribution in [3.63, 3.8) is 0 Å². The number of hydrogen-bond donors (Lipinski definition) is 4. The summed E-state index contributed by atoms with van der Waals surface area (Å²) in [4.78, 5) is 86.6. The Morgan fingerprint density at radius 2 is 1.00 bits per heavy atom. The SMILES string of the molecule is COC(=O)C(Cc1ccc(OC(=O)CCCNC(=O)OC(C)(C)C)c(OC(=O)CCCNC(=O)OC(C)(C)C)c1)NC(=O)CCCNC(=O)OC(C)(C)C. The van der Waals surface area contributed by atoms with Crippen LogP contribution in [0.25, 0.3) is 0 Å². The van der Waals surface area contributed by atoms with Gasteiger partial charge in [0.1, 0.15) is 22.8 Å². The predicted octanol–water partition coefficient (Wildman–Crippen LogP) is 4.61. The second kappa shape index (κ2) is 22.2. The van der Waals surface area contributed by atoms with Gasteiger partial charge in [0.2, 0.25) is 5.91 Å². The summed E-state index contributed by atoms with van der Waals surface area (Å²) in [6.45, 7) is 16.0. The summed E-state index contributed by atoms with van der Waals surface area (Å²) in [5.41, 5.74) is -1.61. The Hall–Kier alpha value is -5.09. The van der Waals surface area contributed by atoms with Crippen LogP contribution >= 0.6 is 0 Å². The summed E-state index contributed by atoms with van der Waals surface area (Å²) in [6, 6.07) is 3.18. The zero-order valence-electron chi connectivity index (χ0n) is 33.2. The topological polar surface area (TPSA) is 223 Å². The van der Waals surface area contributed by atoms with Crippen LogP contribution in [-0.4, -0.2) is 91.7 Å². The number of alkyl carbamates (subject to hydrolysis) is 3. The van der Waals surface area contributed by atoms with Gasteiger partial charge in [0.25, 0.3) is 0 Å². The van der Waals surface area contributed by atoms with Gasteiger partial charge in [-0.25, -0.2) is 19.2 Å². The van der Waals surface area contributed by atoms with Gasteiger partial charge in [-0.3, -0.25) is 14.4 Å². The molecule has 4 N–H and O–H groups in total. The Kier molecular flexibility index (Phi) is 19.3. The quantitative estimate of drug-likeness (QED) is 0.0694. The first kappa shape index (κ1) is 46.9. The third kappa shape index (κ3) is 22.8. The molecule has 0 bridgehead atoms. The normalized spacial score (nSPS) is 12.0. The molecule has 0 fully saturated rings. The minimum absolute atomic E-state index is 0.0167. The number of carbonyl (C=O) groups is 7. The van der Waals surface area contributed by atoms with Gasteiger partial charge in [-0.2, -0.15) is 0 Å². The monoisotopic (exact) mass is 766 g/mol. The maximum atomic E-state index is 12.8. The first-order valence-electron chi connectivity index (χ1n) is 17.8. The lowest BCUT2D eigenvalue weighted by atomic mass is 10.0. The highest BCUT2D eigenvalue weighted by Gasteiger charge is 2.24. The van der Waals surface area contributed by atoms with E-state index < -0.39 is 64.9 Å². The number of carbonyl (C=O) groups excluding carboxylic acids is 7. The minimum Gasteiger partial charge on any atom is -0.467 e. The van der Waals surface area contributed by atoms with Gasteiger partial charge in [0.05, 0.1) is 7.11 Å². The van der Waals surface area contributed by atoms with Gasteiger partial charge in [-0.05, 0) is 99.3 Å². The lowest BCUT2D eigenvalue weighted by Gasteiger charge is -2.20. The van der Waals surface area contributed by atoms with Gasteiger partial charge < -0.3 is 49.7 Å². The predicted molar refractivity (Wildman–Crippen MR) is 196 cm³/mol. The second-order valence-electron chi connectivity index (χ2n) is 15.2. The number of benzene rings is 1. The van der Waals surface area contributed by atoms with E-state index in [0.29, 0.717) is 5.56 Å². The summed E-state index contributed by atoms with van der Waals surface area (Å²) < 4.78 is 31.5. The van der Waals surface area contributed by atoms with E-state index in [-0.39, 0.29) is 76.1 Å². The van der Waals surface area contributed by atoms with Crippen LogP contribution in [0, 0.1) is 0 Å². The smallest absolute Gasteiger partial charge is 0.407 e. The molecular formula is C37H58N4O13. The molecule has 1 aromatic carbocycles. The highest BCUT2D eigenvalue weighted by atomic mass is 16.6. The second-order valence-corrected chi connectivity index (χ2v) is 15.2. The van der Waals surface area contributed by atoms with Crippen LogP contribution in [-0.2, 0) is 44.5 Å². The zero-order chi connectivity index (χ0) is 41.1. The average Bonchev–Trinajstić information content (AvgIpc) is 3.01. The number of amides is 4. The van der Waals surface area contributed by atoms with Crippen molar-refractivity contribution in [1.29, 1.82) is 0 Å². The molecule has 0 aromatic heterocycles. The van der Waals surface area contributed by atoms with E-state index in [0.717, 1.165) is 0 Å². The summed E-state index contributed by atoms with van der Waals surface area (Å²) >= 11 is 0. The number of rotatable bonds is 18. The van der Waals surface area contributed by atoms with Crippen molar-refractivity contribution < 1.29 is 62.0 Å². The van der Waals surface area contributed by atoms with Crippen LogP contribution in [0.1, 0.15) is 106 Å². The van der Waals surface area contributed by atoms with Crippen LogP contribution in [0.5, 0.6) is 11.5 Å². The molecule has 304 valence electrons. The molecule has 17 nitrogen and oxygen atoms in total. The lowest BCUT2D eigenvalue weighted by molar-refractivity contribution is -0.145. The molecule has 0 aliphatic carbocycles. The maximum Gasteiger partial charge on any atom is 0.407 e. The molecular weight excluding hydrogens is 708 g/mol. The first-order chi connectivity index (χ1) is 25.0. The van der Waals surface area contributed by atoms with Crippen molar-refractivity contribution in [3.8, 4) is 11.5 Å². The Morgan fingerprint density at radius 3 is 1.41 bits per heavy atom. The van der Waals surface area contributed by atoms with Gasteiger partial charge in [-0.1, -0.05) is 6.07 Å². The molecule has 0 saturated heterocycles. The molecule has 1 atom stereocenters. The zero-order valence-corrected chi connectivity index (χ0v) is 33.2. The molecule has 0 heterocycles. The molecule has 0 aliphatic rings. The van der Waals surface area contributed by atoms with Gasteiger partial charge in [0, 0.05) is 45.3 Å².